The summed E-state index contributed by atoms with van der Waals surface area (Å²) in [7, 11) is 1.54. The number of nitrogens with zero attached hydrogens (tertiary/aromatic N) is 3. The third kappa shape index (κ3) is 4.99. The quantitative estimate of drug-likeness (QED) is 0.593. The fraction of sp³-hybridized carbons (Fsp3) is 0.222. The smallest absolute Gasteiger partial charge is 0.259 e. The van der Waals surface area contributed by atoms with E-state index in [-0.39, 0.29) is 11.7 Å². The summed E-state index contributed by atoms with van der Waals surface area (Å²) in [6.45, 7) is 1.96. The van der Waals surface area contributed by atoms with Gasteiger partial charge in [-0.3, -0.25) is 4.79 Å². The van der Waals surface area contributed by atoms with Crippen LogP contribution >= 0.6 is 23.4 Å². The number of anilines is 1. The third-order valence-corrected chi connectivity index (χ3v) is 4.79. The van der Waals surface area contributed by atoms with Crippen molar-refractivity contribution in [3.63, 3.8) is 0 Å². The monoisotopic (exact) mass is 404 g/mol. The second-order valence-electron chi connectivity index (χ2n) is 5.44. The van der Waals surface area contributed by atoms with Gasteiger partial charge in [-0.15, -0.1) is 0 Å². The number of thioether (sulfide) groups is 1. The van der Waals surface area contributed by atoms with Gasteiger partial charge in [-0.1, -0.05) is 35.4 Å². The molecule has 9 heteroatoms. The Morgan fingerprint density at radius 1 is 1.33 bits per heavy atom. The minimum Gasteiger partial charge on any atom is -0.495 e. The van der Waals surface area contributed by atoms with Crippen LogP contribution in [-0.4, -0.2) is 33.9 Å². The Balaban J connectivity index is 1.55. The summed E-state index contributed by atoms with van der Waals surface area (Å²) in [6, 6.07) is 8.73. The number of methoxy groups -OCH3 is 1. The van der Waals surface area contributed by atoms with Crippen LogP contribution in [0.25, 0.3) is 11.5 Å². The SMILES string of the molecule is CCc1noc(-c2ccc(SCC(=O)Nc3ccc(OC)c(Cl)c3)nc2)n1. The van der Waals surface area contributed by atoms with Crippen molar-refractivity contribution in [3.05, 3.63) is 47.4 Å². The van der Waals surface area contributed by atoms with Crippen molar-refractivity contribution in [2.45, 2.75) is 18.4 Å². The molecule has 0 aliphatic rings. The summed E-state index contributed by atoms with van der Waals surface area (Å²) in [5.41, 5.74) is 1.35. The molecule has 0 aliphatic heterocycles. The first kappa shape index (κ1) is 19.2. The lowest BCUT2D eigenvalue weighted by Crippen LogP contribution is -2.14. The number of rotatable bonds is 7. The second-order valence-corrected chi connectivity index (χ2v) is 6.84. The van der Waals surface area contributed by atoms with Gasteiger partial charge in [0.05, 0.1) is 28.5 Å². The number of nitrogens with one attached hydrogen (secondary N) is 1. The standard InChI is InChI=1S/C18H17ClN4O3S/c1-3-15-22-18(26-23-15)11-4-7-17(20-9-11)27-10-16(24)21-12-5-6-14(25-2)13(19)8-12/h4-9H,3,10H2,1-2H3,(H,21,24). The van der Waals surface area contributed by atoms with Crippen molar-refractivity contribution in [1.82, 2.24) is 15.1 Å². The highest BCUT2D eigenvalue weighted by Crippen LogP contribution is 2.27. The number of aryl methyl sites for hydroxylation is 1. The zero-order chi connectivity index (χ0) is 19.2. The Labute approximate surface area is 165 Å². The van der Waals surface area contributed by atoms with Gasteiger partial charge in [-0.05, 0) is 30.3 Å². The Hall–Kier alpha value is -2.58. The third-order valence-electron chi connectivity index (χ3n) is 3.55. The molecule has 140 valence electrons. The molecule has 0 saturated carbocycles. The summed E-state index contributed by atoms with van der Waals surface area (Å²) in [4.78, 5) is 20.7. The maximum atomic E-state index is 12.1. The lowest BCUT2D eigenvalue weighted by atomic mass is 10.3. The van der Waals surface area contributed by atoms with Crippen LogP contribution in [0.2, 0.25) is 5.02 Å². The van der Waals surface area contributed by atoms with Gasteiger partial charge in [0.15, 0.2) is 5.82 Å². The Morgan fingerprint density at radius 2 is 2.19 bits per heavy atom. The first-order chi connectivity index (χ1) is 13.1. The van der Waals surface area contributed by atoms with Gasteiger partial charge in [0.1, 0.15) is 5.75 Å². The minimum atomic E-state index is -0.156. The fourth-order valence-corrected chi connectivity index (χ4v) is 3.09. The predicted octanol–water partition coefficient (Wildman–Crippen LogP) is 4.09. The molecule has 2 heterocycles. The molecule has 0 unspecified atom stereocenters. The number of pyridine rings is 1. The van der Waals surface area contributed by atoms with E-state index in [1.54, 1.807) is 24.4 Å². The van der Waals surface area contributed by atoms with Gasteiger partial charge in [0.25, 0.3) is 5.89 Å². The van der Waals surface area contributed by atoms with E-state index in [1.165, 1.54) is 18.9 Å². The average Bonchev–Trinajstić information content (AvgIpc) is 3.16. The first-order valence-corrected chi connectivity index (χ1v) is 9.50. The van der Waals surface area contributed by atoms with Crippen LogP contribution in [0.4, 0.5) is 5.69 Å². The molecule has 27 heavy (non-hydrogen) atoms. The lowest BCUT2D eigenvalue weighted by molar-refractivity contribution is -0.113. The van der Waals surface area contributed by atoms with Gasteiger partial charge >= 0.3 is 0 Å². The van der Waals surface area contributed by atoms with E-state index in [0.717, 1.165) is 10.6 Å². The summed E-state index contributed by atoms with van der Waals surface area (Å²) in [6.07, 6.45) is 2.36. The number of hydrogen-bond donors (Lipinski definition) is 1. The summed E-state index contributed by atoms with van der Waals surface area (Å²) in [5, 5.41) is 7.81. The maximum Gasteiger partial charge on any atom is 0.259 e. The Bertz CT molecular complexity index is 931. The zero-order valence-corrected chi connectivity index (χ0v) is 16.3. The number of aromatic nitrogens is 3. The summed E-state index contributed by atoms with van der Waals surface area (Å²) < 4.78 is 10.3. The van der Waals surface area contributed by atoms with E-state index < -0.39 is 0 Å². The summed E-state index contributed by atoms with van der Waals surface area (Å²) in [5.74, 6) is 1.71. The largest absolute Gasteiger partial charge is 0.495 e. The van der Waals surface area contributed by atoms with E-state index in [2.05, 4.69) is 20.4 Å². The van der Waals surface area contributed by atoms with Gasteiger partial charge in [-0.2, -0.15) is 4.98 Å². The van der Waals surface area contributed by atoms with E-state index in [1.807, 2.05) is 19.1 Å². The molecule has 0 spiro atoms. The molecule has 3 aromatic rings. The number of carbonyl (C=O) groups excluding carboxylic acids is 1. The molecule has 0 radical (unpaired) electrons. The number of hydrogen-bond acceptors (Lipinski definition) is 7. The van der Waals surface area contributed by atoms with Crippen LogP contribution in [0, 0.1) is 0 Å². The minimum absolute atomic E-state index is 0.156. The molecule has 0 saturated heterocycles. The number of carbonyl (C=O) groups is 1. The Kier molecular flexibility index (Phi) is 6.31. The highest BCUT2D eigenvalue weighted by atomic mass is 35.5. The van der Waals surface area contributed by atoms with Crippen LogP contribution in [0.1, 0.15) is 12.7 Å². The Morgan fingerprint density at radius 3 is 2.81 bits per heavy atom. The fourth-order valence-electron chi connectivity index (χ4n) is 2.19. The highest BCUT2D eigenvalue weighted by molar-refractivity contribution is 7.99. The molecule has 1 N–H and O–H groups in total. The van der Waals surface area contributed by atoms with Crippen LogP contribution in [-0.2, 0) is 11.2 Å². The molecule has 0 fully saturated rings. The topological polar surface area (TPSA) is 90.1 Å². The van der Waals surface area contributed by atoms with E-state index in [0.29, 0.717) is 34.6 Å². The van der Waals surface area contributed by atoms with Crippen molar-refractivity contribution in [2.24, 2.45) is 0 Å². The molecule has 3 rings (SSSR count). The lowest BCUT2D eigenvalue weighted by Gasteiger charge is -2.08. The van der Waals surface area contributed by atoms with Gasteiger partial charge in [-0.25, -0.2) is 4.98 Å². The normalized spacial score (nSPS) is 10.6. The molecule has 0 aliphatic carbocycles. The average molecular weight is 405 g/mol. The van der Waals surface area contributed by atoms with Crippen molar-refractivity contribution in [3.8, 4) is 17.2 Å². The van der Waals surface area contributed by atoms with Crippen molar-refractivity contribution in [1.29, 1.82) is 0 Å². The van der Waals surface area contributed by atoms with Crippen LogP contribution < -0.4 is 10.1 Å². The van der Waals surface area contributed by atoms with Crippen molar-refractivity contribution in [2.75, 3.05) is 18.2 Å². The van der Waals surface area contributed by atoms with Gasteiger partial charge in [0.2, 0.25) is 5.91 Å². The van der Waals surface area contributed by atoms with Crippen LogP contribution in [0.3, 0.4) is 0 Å². The molecule has 2 aromatic heterocycles. The number of halogens is 1. The van der Waals surface area contributed by atoms with E-state index in [4.69, 9.17) is 20.9 Å². The van der Waals surface area contributed by atoms with Crippen molar-refractivity contribution < 1.29 is 14.1 Å². The molecule has 1 amide bonds. The number of amides is 1. The molecule has 1 aromatic carbocycles. The van der Waals surface area contributed by atoms with Crippen LogP contribution in [0.15, 0.2) is 46.1 Å². The van der Waals surface area contributed by atoms with E-state index in [9.17, 15) is 4.79 Å². The molecular weight excluding hydrogens is 388 g/mol. The molecule has 7 nitrogen and oxygen atoms in total. The van der Waals surface area contributed by atoms with E-state index >= 15 is 0 Å². The van der Waals surface area contributed by atoms with Gasteiger partial charge in [0, 0.05) is 18.3 Å². The maximum absolute atomic E-state index is 12.1. The first-order valence-electron chi connectivity index (χ1n) is 8.14. The molecule has 0 atom stereocenters. The molecular formula is C18H17ClN4O3S. The van der Waals surface area contributed by atoms with Crippen LogP contribution in [0.5, 0.6) is 5.75 Å². The number of benzene rings is 1. The zero-order valence-electron chi connectivity index (χ0n) is 14.7. The highest BCUT2D eigenvalue weighted by Gasteiger charge is 2.10. The van der Waals surface area contributed by atoms with Crippen molar-refractivity contribution >= 4 is 35.0 Å². The predicted molar refractivity (Wildman–Crippen MR) is 104 cm³/mol. The summed E-state index contributed by atoms with van der Waals surface area (Å²) >= 11 is 7.38. The van der Waals surface area contributed by atoms with Gasteiger partial charge < -0.3 is 14.6 Å². The molecule has 0 bridgehead atoms. The second kappa shape index (κ2) is 8.88. The number of ether oxygens (including phenoxy) is 1.